The molecular weight excluding hydrogens is 555 g/mol. The quantitative estimate of drug-likeness (QED) is 0.363. The Morgan fingerprint density at radius 3 is 2.69 bits per heavy atom. The van der Waals surface area contributed by atoms with E-state index in [1.54, 1.807) is 0 Å². The Bertz CT molecular complexity index is 1220. The van der Waals surface area contributed by atoms with E-state index in [1.165, 1.54) is 27.4 Å². The van der Waals surface area contributed by atoms with Gasteiger partial charge in [-0.15, -0.1) is 0 Å². The number of rotatable bonds is 6. The molecule has 3 aromatic rings. The summed E-state index contributed by atoms with van der Waals surface area (Å²) >= 11 is 2.38. The molecule has 1 aromatic heterocycles. The molecule has 8 heteroatoms. The van der Waals surface area contributed by atoms with E-state index < -0.39 is 12.1 Å². The molecule has 0 aliphatic carbocycles. The fourth-order valence-electron chi connectivity index (χ4n) is 4.62. The molecule has 2 aromatic carbocycles. The summed E-state index contributed by atoms with van der Waals surface area (Å²) < 4.78 is 5.91. The lowest BCUT2D eigenvalue weighted by atomic mass is 9.98. The van der Waals surface area contributed by atoms with Crippen molar-refractivity contribution in [1.82, 2.24) is 20.2 Å². The number of carbonyl (C=O) groups is 2. The number of amides is 2. The highest BCUT2D eigenvalue weighted by atomic mass is 127. The number of aryl methyl sites for hydroxylation is 1. The van der Waals surface area contributed by atoms with Crippen LogP contribution in [0.5, 0.6) is 0 Å². The third-order valence-corrected chi connectivity index (χ3v) is 7.49. The van der Waals surface area contributed by atoms with Crippen LogP contribution in [0.3, 0.4) is 0 Å². The number of ether oxygens (including phenoxy) is 1. The summed E-state index contributed by atoms with van der Waals surface area (Å²) in [4.78, 5) is 35.2. The summed E-state index contributed by atoms with van der Waals surface area (Å²) in [5.74, 6) is 0.589. The maximum atomic E-state index is 13.4. The lowest BCUT2D eigenvalue weighted by Crippen LogP contribution is -2.51. The van der Waals surface area contributed by atoms with Gasteiger partial charge >= 0.3 is 6.09 Å². The van der Waals surface area contributed by atoms with Gasteiger partial charge in [0, 0.05) is 15.7 Å². The number of H-pyrrole nitrogens is 1. The van der Waals surface area contributed by atoms with Crippen LogP contribution in [0.2, 0.25) is 0 Å². The molecule has 1 aliphatic rings. The van der Waals surface area contributed by atoms with E-state index in [0.29, 0.717) is 6.54 Å². The van der Waals surface area contributed by atoms with E-state index in [9.17, 15) is 9.59 Å². The van der Waals surface area contributed by atoms with Crippen molar-refractivity contribution >= 4 is 34.6 Å². The van der Waals surface area contributed by atoms with Crippen LogP contribution in [0.25, 0.3) is 22.4 Å². The number of nitrogens with zero attached hydrogens (tertiary/aromatic N) is 2. The standard InChI is InChI=1S/C27H31IN4O3/c1-16(2)24(31-27(34)35-4)26(33)32-13-7-10-23(32)25-29-15-22(30-25)18-11-12-21(28)20(14-18)19-9-6-5-8-17(19)3/h5-6,8-9,11-12,14-16,23-24H,7,10,13H2,1-4H3,(H,29,30)(H,31,34)/t23-,24-/m0/s1. The van der Waals surface area contributed by atoms with Crippen molar-refractivity contribution in [2.75, 3.05) is 13.7 Å². The van der Waals surface area contributed by atoms with E-state index in [-0.39, 0.29) is 17.9 Å². The van der Waals surface area contributed by atoms with Crippen molar-refractivity contribution in [3.8, 4) is 22.4 Å². The lowest BCUT2D eigenvalue weighted by molar-refractivity contribution is -0.135. The molecule has 0 spiro atoms. The van der Waals surface area contributed by atoms with Crippen molar-refractivity contribution in [2.45, 2.75) is 45.7 Å². The number of aromatic nitrogens is 2. The van der Waals surface area contributed by atoms with Gasteiger partial charge in [0.25, 0.3) is 0 Å². The van der Waals surface area contributed by atoms with Crippen LogP contribution >= 0.6 is 22.6 Å². The van der Waals surface area contributed by atoms with Crippen LogP contribution in [0.4, 0.5) is 4.79 Å². The first-order chi connectivity index (χ1) is 16.8. The average Bonchev–Trinajstić information content (AvgIpc) is 3.52. The zero-order valence-electron chi connectivity index (χ0n) is 20.5. The number of methoxy groups -OCH3 is 1. The van der Waals surface area contributed by atoms with Gasteiger partial charge < -0.3 is 19.9 Å². The highest BCUT2D eigenvalue weighted by Gasteiger charge is 2.37. The second-order valence-electron chi connectivity index (χ2n) is 9.24. The van der Waals surface area contributed by atoms with Gasteiger partial charge in [0.2, 0.25) is 5.91 Å². The first-order valence-electron chi connectivity index (χ1n) is 11.9. The predicted octanol–water partition coefficient (Wildman–Crippen LogP) is 5.70. The van der Waals surface area contributed by atoms with Gasteiger partial charge in [-0.1, -0.05) is 44.2 Å². The minimum atomic E-state index is -0.648. The van der Waals surface area contributed by atoms with Crippen molar-refractivity contribution in [3.05, 3.63) is 63.6 Å². The van der Waals surface area contributed by atoms with Gasteiger partial charge in [0.05, 0.1) is 25.0 Å². The number of nitrogens with one attached hydrogen (secondary N) is 2. The average molecular weight is 586 g/mol. The van der Waals surface area contributed by atoms with Crippen LogP contribution in [0.1, 0.15) is 44.1 Å². The first kappa shape index (κ1) is 25.2. The van der Waals surface area contributed by atoms with Crippen LogP contribution in [0, 0.1) is 16.4 Å². The number of alkyl carbamates (subject to hydrolysis) is 1. The molecule has 0 radical (unpaired) electrons. The molecule has 2 atom stereocenters. The van der Waals surface area contributed by atoms with Crippen molar-refractivity contribution in [1.29, 1.82) is 0 Å². The lowest BCUT2D eigenvalue weighted by Gasteiger charge is -2.30. The van der Waals surface area contributed by atoms with Gasteiger partial charge in [-0.25, -0.2) is 9.78 Å². The third kappa shape index (κ3) is 5.37. The number of hydrogen-bond acceptors (Lipinski definition) is 4. The third-order valence-electron chi connectivity index (χ3n) is 6.55. The van der Waals surface area contributed by atoms with Gasteiger partial charge in [-0.3, -0.25) is 4.79 Å². The SMILES string of the molecule is COC(=O)N[C@H](C(=O)N1CCC[C@H]1c1ncc(-c2ccc(I)c(-c3ccccc3C)c2)[nH]1)C(C)C. The van der Waals surface area contributed by atoms with Gasteiger partial charge in [-0.2, -0.15) is 0 Å². The number of hydrogen-bond donors (Lipinski definition) is 2. The zero-order chi connectivity index (χ0) is 25.1. The topological polar surface area (TPSA) is 87.3 Å². The fourth-order valence-corrected chi connectivity index (χ4v) is 5.25. The second kappa shape index (κ2) is 10.8. The highest BCUT2D eigenvalue weighted by molar-refractivity contribution is 14.1. The predicted molar refractivity (Wildman–Crippen MR) is 145 cm³/mol. The summed E-state index contributed by atoms with van der Waals surface area (Å²) in [6.45, 7) is 6.58. The summed E-state index contributed by atoms with van der Waals surface area (Å²) in [5.41, 5.74) is 5.59. The van der Waals surface area contributed by atoms with Gasteiger partial charge in [0.1, 0.15) is 11.9 Å². The molecule has 0 bridgehead atoms. The van der Waals surface area contributed by atoms with Crippen molar-refractivity contribution in [3.63, 3.8) is 0 Å². The van der Waals surface area contributed by atoms with E-state index in [2.05, 4.69) is 87.3 Å². The monoisotopic (exact) mass is 586 g/mol. The molecule has 7 nitrogen and oxygen atoms in total. The number of benzene rings is 2. The molecule has 2 amide bonds. The number of halogens is 1. The second-order valence-corrected chi connectivity index (χ2v) is 10.4. The molecule has 4 rings (SSSR count). The largest absolute Gasteiger partial charge is 0.453 e. The first-order valence-corrected chi connectivity index (χ1v) is 12.9. The van der Waals surface area contributed by atoms with Crippen molar-refractivity contribution < 1.29 is 14.3 Å². The summed E-state index contributed by atoms with van der Waals surface area (Å²) in [6.07, 6.45) is 2.95. The summed E-state index contributed by atoms with van der Waals surface area (Å²) in [6, 6.07) is 14.0. The van der Waals surface area contributed by atoms with Crippen LogP contribution in [-0.4, -0.2) is 46.6 Å². The smallest absolute Gasteiger partial charge is 0.407 e. The number of carbonyl (C=O) groups excluding carboxylic acids is 2. The molecule has 35 heavy (non-hydrogen) atoms. The van der Waals surface area contributed by atoms with E-state index in [0.717, 1.165) is 29.9 Å². The number of aromatic amines is 1. The maximum absolute atomic E-state index is 13.4. The Kier molecular flexibility index (Phi) is 7.78. The molecule has 1 aliphatic heterocycles. The van der Waals surface area contributed by atoms with E-state index in [1.807, 2.05) is 24.9 Å². The molecule has 1 saturated heterocycles. The molecule has 2 heterocycles. The zero-order valence-corrected chi connectivity index (χ0v) is 22.6. The fraction of sp³-hybridized carbons (Fsp3) is 0.370. The Hall–Kier alpha value is -2.88. The molecule has 2 N–H and O–H groups in total. The maximum Gasteiger partial charge on any atom is 0.407 e. The minimum absolute atomic E-state index is 0.0679. The molecule has 1 fully saturated rings. The number of imidazole rings is 1. The minimum Gasteiger partial charge on any atom is -0.453 e. The molecule has 0 saturated carbocycles. The van der Waals surface area contributed by atoms with Crippen LogP contribution in [-0.2, 0) is 9.53 Å². The Morgan fingerprint density at radius 2 is 1.97 bits per heavy atom. The van der Waals surface area contributed by atoms with Gasteiger partial charge in [-0.05, 0) is 77.1 Å². The van der Waals surface area contributed by atoms with Crippen LogP contribution in [0.15, 0.2) is 48.7 Å². The Morgan fingerprint density at radius 1 is 1.20 bits per heavy atom. The Labute approximate surface area is 219 Å². The Balaban J connectivity index is 1.60. The van der Waals surface area contributed by atoms with E-state index >= 15 is 0 Å². The van der Waals surface area contributed by atoms with Crippen molar-refractivity contribution in [2.24, 2.45) is 5.92 Å². The molecule has 184 valence electrons. The van der Waals surface area contributed by atoms with Crippen LogP contribution < -0.4 is 5.32 Å². The summed E-state index contributed by atoms with van der Waals surface area (Å²) in [7, 11) is 1.30. The van der Waals surface area contributed by atoms with E-state index in [4.69, 9.17) is 4.74 Å². The summed E-state index contributed by atoms with van der Waals surface area (Å²) in [5, 5.41) is 2.69. The number of likely N-dealkylation sites (tertiary alicyclic amines) is 1. The highest BCUT2D eigenvalue weighted by Crippen LogP contribution is 2.35. The normalized spacial score (nSPS) is 16.4. The molecule has 0 unspecified atom stereocenters. The molecular formula is C27H31IN4O3. The van der Waals surface area contributed by atoms with Gasteiger partial charge in [0.15, 0.2) is 0 Å².